The normalized spacial score (nSPS) is 18.8. The van der Waals surface area contributed by atoms with E-state index < -0.39 is 0 Å². The first-order valence-electron chi connectivity index (χ1n) is 8.38. The first kappa shape index (κ1) is 18.1. The molecule has 0 aliphatic carbocycles. The third kappa shape index (κ3) is 3.63. The van der Waals surface area contributed by atoms with Crippen LogP contribution in [0.1, 0.15) is 26.0 Å². The average Bonchev–Trinajstić information content (AvgIpc) is 2.95. The van der Waals surface area contributed by atoms with Gasteiger partial charge in [0, 0.05) is 19.4 Å². The standard InChI is InChI=1S/C19H27N5/c1-6-10-16(8-3)24-18(17-15-20-11-12-21-17)14-19(22(24)5)23(9-4)13-7-2/h6,8,10-12,14-15,19H,1,3,7,9,13H2,2,4-5H3/b16-10+. The number of hydrogen-bond donors (Lipinski definition) is 0. The highest BCUT2D eigenvalue weighted by Gasteiger charge is 2.34. The van der Waals surface area contributed by atoms with Crippen molar-refractivity contribution in [1.29, 1.82) is 0 Å². The summed E-state index contributed by atoms with van der Waals surface area (Å²) in [6.07, 6.45) is 14.3. The van der Waals surface area contributed by atoms with Gasteiger partial charge in [-0.05, 0) is 37.7 Å². The molecule has 5 heteroatoms. The van der Waals surface area contributed by atoms with Crippen LogP contribution in [0.2, 0.25) is 0 Å². The van der Waals surface area contributed by atoms with E-state index in [0.29, 0.717) is 0 Å². The fraction of sp³-hybridized carbons (Fsp3) is 0.368. The molecule has 1 aromatic rings. The molecule has 2 heterocycles. The highest BCUT2D eigenvalue weighted by atomic mass is 15.7. The summed E-state index contributed by atoms with van der Waals surface area (Å²) in [4.78, 5) is 11.1. The summed E-state index contributed by atoms with van der Waals surface area (Å²) >= 11 is 0. The topological polar surface area (TPSA) is 35.5 Å². The molecule has 0 aromatic carbocycles. The van der Waals surface area contributed by atoms with Crippen molar-refractivity contribution in [3.05, 3.63) is 67.4 Å². The van der Waals surface area contributed by atoms with Gasteiger partial charge in [0.2, 0.25) is 0 Å². The molecular formula is C19H27N5. The summed E-state index contributed by atoms with van der Waals surface area (Å²) in [6, 6.07) is 0. The highest BCUT2D eigenvalue weighted by molar-refractivity contribution is 5.65. The molecule has 0 N–H and O–H groups in total. The van der Waals surface area contributed by atoms with E-state index in [4.69, 9.17) is 0 Å². The lowest BCUT2D eigenvalue weighted by molar-refractivity contribution is 0.00916. The van der Waals surface area contributed by atoms with Crippen molar-refractivity contribution >= 4 is 5.70 Å². The maximum absolute atomic E-state index is 4.48. The Balaban J connectivity index is 2.48. The van der Waals surface area contributed by atoms with Gasteiger partial charge in [-0.15, -0.1) is 0 Å². The highest BCUT2D eigenvalue weighted by Crippen LogP contribution is 2.33. The maximum atomic E-state index is 4.48. The van der Waals surface area contributed by atoms with Crippen LogP contribution in [0, 0.1) is 0 Å². The van der Waals surface area contributed by atoms with Gasteiger partial charge in [0.05, 0.1) is 17.6 Å². The van der Waals surface area contributed by atoms with Crippen LogP contribution in [0.5, 0.6) is 0 Å². The van der Waals surface area contributed by atoms with Crippen LogP contribution in [0.15, 0.2) is 61.7 Å². The lowest BCUT2D eigenvalue weighted by Crippen LogP contribution is -2.47. The number of aromatic nitrogens is 2. The molecule has 0 fully saturated rings. The van der Waals surface area contributed by atoms with Gasteiger partial charge in [-0.2, -0.15) is 5.01 Å². The summed E-state index contributed by atoms with van der Waals surface area (Å²) in [5, 5.41) is 4.34. The largest absolute Gasteiger partial charge is 0.283 e. The van der Waals surface area contributed by atoms with E-state index in [1.807, 2.05) is 12.2 Å². The molecule has 0 bridgehead atoms. The Bertz CT molecular complexity index is 620. The minimum atomic E-state index is 0.167. The van der Waals surface area contributed by atoms with Crippen LogP contribution < -0.4 is 0 Å². The Morgan fingerprint density at radius 1 is 1.33 bits per heavy atom. The number of allylic oxidation sites excluding steroid dienone is 3. The molecule has 1 atom stereocenters. The van der Waals surface area contributed by atoms with E-state index in [2.05, 4.69) is 65.0 Å². The van der Waals surface area contributed by atoms with Crippen molar-refractivity contribution in [2.45, 2.75) is 26.4 Å². The van der Waals surface area contributed by atoms with Gasteiger partial charge >= 0.3 is 0 Å². The number of rotatable bonds is 8. The second-order valence-electron chi connectivity index (χ2n) is 5.60. The van der Waals surface area contributed by atoms with Crippen LogP contribution in [0.4, 0.5) is 0 Å². The van der Waals surface area contributed by atoms with Gasteiger partial charge in [-0.25, -0.2) is 0 Å². The molecule has 0 amide bonds. The first-order chi connectivity index (χ1) is 11.7. The Hall–Kier alpha value is -2.24. The Morgan fingerprint density at radius 3 is 2.67 bits per heavy atom. The quantitative estimate of drug-likeness (QED) is 0.685. The maximum Gasteiger partial charge on any atom is 0.106 e. The zero-order valence-electron chi connectivity index (χ0n) is 14.9. The molecule has 5 nitrogen and oxygen atoms in total. The Morgan fingerprint density at radius 2 is 2.12 bits per heavy atom. The minimum absolute atomic E-state index is 0.167. The molecule has 1 unspecified atom stereocenters. The van der Waals surface area contributed by atoms with E-state index in [1.165, 1.54) is 0 Å². The predicted octanol–water partition coefficient (Wildman–Crippen LogP) is 3.29. The third-order valence-corrected chi connectivity index (χ3v) is 4.09. The summed E-state index contributed by atoms with van der Waals surface area (Å²) < 4.78 is 0. The summed E-state index contributed by atoms with van der Waals surface area (Å²) in [5.74, 6) is 0. The second-order valence-corrected chi connectivity index (χ2v) is 5.60. The summed E-state index contributed by atoms with van der Waals surface area (Å²) in [5.41, 5.74) is 2.81. The molecule has 2 rings (SSSR count). The second kappa shape index (κ2) is 8.57. The van der Waals surface area contributed by atoms with Crippen LogP contribution >= 0.6 is 0 Å². The van der Waals surface area contributed by atoms with Gasteiger partial charge < -0.3 is 0 Å². The van der Waals surface area contributed by atoms with Crippen LogP contribution in [-0.4, -0.2) is 51.2 Å². The smallest absolute Gasteiger partial charge is 0.106 e. The fourth-order valence-corrected chi connectivity index (χ4v) is 3.01. The number of nitrogens with zero attached hydrogens (tertiary/aromatic N) is 5. The number of hydrogen-bond acceptors (Lipinski definition) is 5. The van der Waals surface area contributed by atoms with Crippen LogP contribution in [-0.2, 0) is 0 Å². The lowest BCUT2D eigenvalue weighted by Gasteiger charge is -2.37. The molecular weight excluding hydrogens is 298 g/mol. The lowest BCUT2D eigenvalue weighted by atomic mass is 10.2. The van der Waals surface area contributed by atoms with E-state index in [0.717, 1.165) is 36.6 Å². The van der Waals surface area contributed by atoms with Crippen molar-refractivity contribution in [2.24, 2.45) is 0 Å². The fourth-order valence-electron chi connectivity index (χ4n) is 3.01. The van der Waals surface area contributed by atoms with Gasteiger partial charge in [-0.3, -0.25) is 19.9 Å². The van der Waals surface area contributed by atoms with Crippen molar-refractivity contribution in [1.82, 2.24) is 24.9 Å². The number of likely N-dealkylation sites (N-methyl/N-ethyl adjacent to an activating group) is 2. The van der Waals surface area contributed by atoms with Gasteiger partial charge in [0.1, 0.15) is 11.9 Å². The molecule has 0 saturated carbocycles. The molecule has 0 saturated heterocycles. The molecule has 128 valence electrons. The molecule has 1 aliphatic rings. The molecule has 1 aromatic heterocycles. The SMILES string of the molecule is C=C/C=C(\C=C)N1C(c2cnccn2)=CC(N(CC)CCC)N1C. The van der Waals surface area contributed by atoms with E-state index in [1.54, 1.807) is 24.7 Å². The van der Waals surface area contributed by atoms with Crippen LogP contribution in [0.25, 0.3) is 5.70 Å². The van der Waals surface area contributed by atoms with Gasteiger partial charge in [0.15, 0.2) is 0 Å². The van der Waals surface area contributed by atoms with Gasteiger partial charge in [-0.1, -0.05) is 33.1 Å². The van der Waals surface area contributed by atoms with Crippen molar-refractivity contribution in [3.63, 3.8) is 0 Å². The van der Waals surface area contributed by atoms with E-state index >= 15 is 0 Å². The zero-order chi connectivity index (χ0) is 17.5. The average molecular weight is 325 g/mol. The molecule has 0 radical (unpaired) electrons. The van der Waals surface area contributed by atoms with Gasteiger partial charge in [0.25, 0.3) is 0 Å². The van der Waals surface area contributed by atoms with Crippen molar-refractivity contribution < 1.29 is 0 Å². The molecule has 0 spiro atoms. The summed E-state index contributed by atoms with van der Waals surface area (Å²) in [6.45, 7) is 14.2. The monoisotopic (exact) mass is 325 g/mol. The van der Waals surface area contributed by atoms with Crippen molar-refractivity contribution in [3.8, 4) is 0 Å². The van der Waals surface area contributed by atoms with Crippen molar-refractivity contribution in [2.75, 3.05) is 20.1 Å². The first-order valence-corrected chi connectivity index (χ1v) is 8.38. The number of hydrazine groups is 1. The summed E-state index contributed by atoms with van der Waals surface area (Å²) in [7, 11) is 2.09. The minimum Gasteiger partial charge on any atom is -0.283 e. The zero-order valence-corrected chi connectivity index (χ0v) is 14.9. The van der Waals surface area contributed by atoms with E-state index in [-0.39, 0.29) is 6.17 Å². The molecule has 1 aliphatic heterocycles. The third-order valence-electron chi connectivity index (χ3n) is 4.09. The Labute approximate surface area is 145 Å². The van der Waals surface area contributed by atoms with Crippen LogP contribution in [0.3, 0.4) is 0 Å². The molecule has 24 heavy (non-hydrogen) atoms. The predicted molar refractivity (Wildman–Crippen MR) is 99.4 cm³/mol. The van der Waals surface area contributed by atoms with E-state index in [9.17, 15) is 0 Å². The Kier molecular flexibility index (Phi) is 6.46.